The molecule has 3 aromatic rings. The Morgan fingerprint density at radius 2 is 1.37 bits per heavy atom. The number of ketones is 1. The number of piperidine rings is 1. The maximum atomic E-state index is 10.6. The Kier molecular flexibility index (Phi) is 13.7. The molecule has 1 unspecified atom stereocenters. The van der Waals surface area contributed by atoms with E-state index in [0.717, 1.165) is 12.3 Å². The molecular formula is C33H45NO. The summed E-state index contributed by atoms with van der Waals surface area (Å²) in [4.78, 5) is 13.3. The van der Waals surface area contributed by atoms with E-state index in [-0.39, 0.29) is 5.78 Å². The largest absolute Gasteiger partial charge is 0.303 e. The molecule has 1 aliphatic rings. The van der Waals surface area contributed by atoms with Gasteiger partial charge in [-0.25, -0.2) is 0 Å². The first-order chi connectivity index (χ1) is 16.9. The molecule has 3 aromatic carbocycles. The number of likely N-dealkylation sites (tertiary alicyclic amines) is 1. The fourth-order valence-corrected chi connectivity index (χ4v) is 4.11. The Morgan fingerprint density at radius 3 is 1.86 bits per heavy atom. The molecule has 1 aliphatic heterocycles. The van der Waals surface area contributed by atoms with Crippen LogP contribution < -0.4 is 0 Å². The van der Waals surface area contributed by atoms with E-state index in [0.29, 0.717) is 12.3 Å². The SMILES string of the molecule is CC(=O)CCc1ccccc1.CC1CCN(CCC(C)c2ccccc2)CC1.Cc1ccccc1. The van der Waals surface area contributed by atoms with Gasteiger partial charge in [-0.2, -0.15) is 0 Å². The third-order valence-corrected chi connectivity index (χ3v) is 6.67. The van der Waals surface area contributed by atoms with E-state index in [1.54, 1.807) is 6.92 Å². The minimum absolute atomic E-state index is 0.258. The van der Waals surface area contributed by atoms with E-state index < -0.39 is 0 Å². The van der Waals surface area contributed by atoms with E-state index in [9.17, 15) is 4.79 Å². The predicted octanol–water partition coefficient (Wildman–Crippen LogP) is 8.12. The fraction of sp³-hybridized carbons (Fsp3) is 0.424. The van der Waals surface area contributed by atoms with Crippen LogP contribution in [0.4, 0.5) is 0 Å². The molecule has 35 heavy (non-hydrogen) atoms. The van der Waals surface area contributed by atoms with Gasteiger partial charge in [0.1, 0.15) is 5.78 Å². The van der Waals surface area contributed by atoms with Crippen molar-refractivity contribution in [1.82, 2.24) is 4.90 Å². The summed E-state index contributed by atoms with van der Waals surface area (Å²) in [6, 6.07) is 31.2. The quantitative estimate of drug-likeness (QED) is 0.347. The van der Waals surface area contributed by atoms with Crippen molar-refractivity contribution in [3.63, 3.8) is 0 Å². The minimum atomic E-state index is 0.258. The number of rotatable bonds is 7. The van der Waals surface area contributed by atoms with Crippen LogP contribution in [0.25, 0.3) is 0 Å². The summed E-state index contributed by atoms with van der Waals surface area (Å²) in [6.07, 6.45) is 5.60. The third kappa shape index (κ3) is 13.1. The molecule has 2 nitrogen and oxygen atoms in total. The molecule has 0 bridgehead atoms. The maximum Gasteiger partial charge on any atom is 0.130 e. The maximum absolute atomic E-state index is 10.6. The van der Waals surface area contributed by atoms with Gasteiger partial charge in [0.05, 0.1) is 0 Å². The predicted molar refractivity (Wildman–Crippen MR) is 151 cm³/mol. The molecule has 1 fully saturated rings. The minimum Gasteiger partial charge on any atom is -0.303 e. The van der Waals surface area contributed by atoms with Crippen molar-refractivity contribution in [2.75, 3.05) is 19.6 Å². The summed E-state index contributed by atoms with van der Waals surface area (Å²) in [5.41, 5.74) is 4.04. The topological polar surface area (TPSA) is 20.3 Å². The van der Waals surface area contributed by atoms with Crippen LogP contribution in [-0.2, 0) is 11.2 Å². The smallest absolute Gasteiger partial charge is 0.130 e. The number of carbonyl (C=O) groups excluding carboxylic acids is 1. The second kappa shape index (κ2) is 16.8. The lowest BCUT2D eigenvalue weighted by Gasteiger charge is -2.30. The van der Waals surface area contributed by atoms with Gasteiger partial charge in [-0.15, -0.1) is 0 Å². The molecule has 0 radical (unpaired) electrons. The van der Waals surface area contributed by atoms with E-state index in [1.165, 1.54) is 55.6 Å². The fourth-order valence-electron chi connectivity index (χ4n) is 4.11. The van der Waals surface area contributed by atoms with Crippen molar-refractivity contribution in [2.24, 2.45) is 5.92 Å². The Balaban J connectivity index is 0.000000205. The summed E-state index contributed by atoms with van der Waals surface area (Å²) in [7, 11) is 0. The van der Waals surface area contributed by atoms with Crippen LogP contribution in [0.5, 0.6) is 0 Å². The monoisotopic (exact) mass is 471 g/mol. The van der Waals surface area contributed by atoms with Gasteiger partial charge in [-0.05, 0) is 82.1 Å². The van der Waals surface area contributed by atoms with Crippen LogP contribution in [0.3, 0.4) is 0 Å². The van der Waals surface area contributed by atoms with Crippen molar-refractivity contribution >= 4 is 5.78 Å². The number of carbonyl (C=O) groups is 1. The average Bonchev–Trinajstić information content (AvgIpc) is 2.89. The molecule has 0 aliphatic carbocycles. The number of nitrogens with zero attached hydrogens (tertiary/aromatic N) is 1. The summed E-state index contributed by atoms with van der Waals surface area (Å²) >= 11 is 0. The highest BCUT2D eigenvalue weighted by Crippen LogP contribution is 2.21. The molecule has 1 atom stereocenters. The number of benzene rings is 3. The van der Waals surface area contributed by atoms with E-state index in [2.05, 4.69) is 68.1 Å². The Morgan fingerprint density at radius 1 is 0.857 bits per heavy atom. The molecule has 0 spiro atoms. The molecule has 1 saturated heterocycles. The lowest BCUT2D eigenvalue weighted by atomic mass is 9.96. The highest BCUT2D eigenvalue weighted by molar-refractivity contribution is 5.75. The first-order valence-electron chi connectivity index (χ1n) is 13.3. The van der Waals surface area contributed by atoms with Crippen LogP contribution in [-0.4, -0.2) is 30.3 Å². The Bertz CT molecular complexity index is 915. The standard InChI is InChI=1S/C16H25N.C10H12O.C7H8/c1-14-8-11-17(12-9-14)13-10-15(2)16-6-4-3-5-7-16;1-9(11)7-8-10-5-3-2-4-6-10;1-7-5-3-2-4-6-7/h3-7,14-15H,8-13H2,1-2H3;2-6H,7-8H2,1H3;2-6H,1H3. The van der Waals surface area contributed by atoms with Crippen molar-refractivity contribution in [3.05, 3.63) is 108 Å². The molecular weight excluding hydrogens is 426 g/mol. The average molecular weight is 472 g/mol. The zero-order chi connectivity index (χ0) is 25.3. The second-order valence-electron chi connectivity index (χ2n) is 9.97. The van der Waals surface area contributed by atoms with Crippen molar-refractivity contribution in [1.29, 1.82) is 0 Å². The van der Waals surface area contributed by atoms with E-state index >= 15 is 0 Å². The molecule has 188 valence electrons. The highest BCUT2D eigenvalue weighted by atomic mass is 16.1. The lowest BCUT2D eigenvalue weighted by Crippen LogP contribution is -2.34. The third-order valence-electron chi connectivity index (χ3n) is 6.67. The van der Waals surface area contributed by atoms with Crippen LogP contribution in [0, 0.1) is 12.8 Å². The summed E-state index contributed by atoms with van der Waals surface area (Å²) in [5.74, 6) is 1.89. The molecule has 2 heteroatoms. The van der Waals surface area contributed by atoms with Crippen LogP contribution in [0.15, 0.2) is 91.0 Å². The zero-order valence-electron chi connectivity index (χ0n) is 22.3. The van der Waals surface area contributed by atoms with Gasteiger partial charge >= 0.3 is 0 Å². The first-order valence-corrected chi connectivity index (χ1v) is 13.3. The van der Waals surface area contributed by atoms with Gasteiger partial charge < -0.3 is 9.69 Å². The Labute approximate surface area is 214 Å². The van der Waals surface area contributed by atoms with Crippen molar-refractivity contribution in [2.45, 2.75) is 65.7 Å². The summed E-state index contributed by atoms with van der Waals surface area (Å²) < 4.78 is 0. The lowest BCUT2D eigenvalue weighted by molar-refractivity contribution is -0.116. The van der Waals surface area contributed by atoms with Gasteiger partial charge in [0, 0.05) is 6.42 Å². The molecule has 0 saturated carbocycles. The number of Topliss-reactive ketones (excluding diaryl/α,β-unsaturated/α-hetero) is 1. The molecule has 4 rings (SSSR count). The highest BCUT2D eigenvalue weighted by Gasteiger charge is 2.16. The molecule has 0 aromatic heterocycles. The van der Waals surface area contributed by atoms with Crippen LogP contribution in [0.1, 0.15) is 69.1 Å². The van der Waals surface area contributed by atoms with Gasteiger partial charge in [0.2, 0.25) is 0 Å². The summed E-state index contributed by atoms with van der Waals surface area (Å²) in [5, 5.41) is 0. The zero-order valence-corrected chi connectivity index (χ0v) is 22.3. The molecule has 0 amide bonds. The van der Waals surface area contributed by atoms with Crippen molar-refractivity contribution in [3.8, 4) is 0 Å². The molecule has 1 heterocycles. The summed E-state index contributed by atoms with van der Waals surface area (Å²) in [6.45, 7) is 12.3. The van der Waals surface area contributed by atoms with Crippen LogP contribution >= 0.6 is 0 Å². The van der Waals surface area contributed by atoms with Gasteiger partial charge in [0.25, 0.3) is 0 Å². The molecule has 0 N–H and O–H groups in total. The van der Waals surface area contributed by atoms with Crippen molar-refractivity contribution < 1.29 is 4.79 Å². The van der Waals surface area contributed by atoms with E-state index in [1.807, 2.05) is 48.5 Å². The number of hydrogen-bond donors (Lipinski definition) is 0. The first kappa shape index (κ1) is 28.5. The normalized spacial score (nSPS) is 14.6. The van der Waals surface area contributed by atoms with E-state index in [4.69, 9.17) is 0 Å². The number of aryl methyl sites for hydroxylation is 2. The van der Waals surface area contributed by atoms with Gasteiger partial charge in [0.15, 0.2) is 0 Å². The van der Waals surface area contributed by atoms with Crippen LogP contribution in [0.2, 0.25) is 0 Å². The number of hydrogen-bond acceptors (Lipinski definition) is 2. The van der Waals surface area contributed by atoms with Gasteiger partial charge in [-0.1, -0.05) is 110 Å². The second-order valence-corrected chi connectivity index (χ2v) is 9.97. The Hall–Kier alpha value is -2.71. The van der Waals surface area contributed by atoms with Gasteiger partial charge in [-0.3, -0.25) is 0 Å².